The van der Waals surface area contributed by atoms with Crippen molar-refractivity contribution in [3.05, 3.63) is 29.3 Å². The number of benzene rings is 1. The molecule has 9 nitrogen and oxygen atoms in total. The zero-order valence-corrected chi connectivity index (χ0v) is 14.6. The fourth-order valence-corrected chi connectivity index (χ4v) is 3.74. The quantitative estimate of drug-likeness (QED) is 0.652. The van der Waals surface area contributed by atoms with E-state index in [0.29, 0.717) is 37.5 Å². The smallest absolute Gasteiger partial charge is 0.264 e. The summed E-state index contributed by atoms with van der Waals surface area (Å²) in [4.78, 5) is 52.3. The van der Waals surface area contributed by atoms with Crippen LogP contribution in [0.1, 0.15) is 33.6 Å². The van der Waals surface area contributed by atoms with E-state index in [9.17, 15) is 19.2 Å². The molecule has 2 fully saturated rings. The minimum absolute atomic E-state index is 0.0443. The molecule has 0 radical (unpaired) electrons. The Morgan fingerprint density at radius 3 is 2.63 bits per heavy atom. The summed E-state index contributed by atoms with van der Waals surface area (Å²) in [5.41, 5.74) is 6.69. The molecular formula is C18H20N4O5. The summed E-state index contributed by atoms with van der Waals surface area (Å²) in [6, 6.07) is 4.14. The average Bonchev–Trinajstić information content (AvgIpc) is 2.86. The number of hydrogen-bond donors (Lipinski definition) is 2. The van der Waals surface area contributed by atoms with Crippen LogP contribution >= 0.6 is 0 Å². The van der Waals surface area contributed by atoms with Crippen LogP contribution in [0, 0.1) is 0 Å². The van der Waals surface area contributed by atoms with Crippen molar-refractivity contribution in [3.8, 4) is 0 Å². The van der Waals surface area contributed by atoms with Gasteiger partial charge in [0, 0.05) is 26.1 Å². The van der Waals surface area contributed by atoms with Crippen LogP contribution in [0.4, 0.5) is 5.69 Å². The van der Waals surface area contributed by atoms with Crippen molar-refractivity contribution in [2.75, 3.05) is 31.1 Å². The minimum atomic E-state index is -0.958. The molecule has 3 aliphatic heterocycles. The first kappa shape index (κ1) is 17.6. The van der Waals surface area contributed by atoms with E-state index in [0.717, 1.165) is 4.90 Å². The highest BCUT2D eigenvalue weighted by atomic mass is 16.5. The standard InChI is InChI=1S/C18H20N4O5/c19-6-7-27-10-8-21(9-10)12-3-1-2-11-15(12)18(26)22(17(11)25)13-4-5-14(23)20-16(13)24/h1-3,10,13H,4-9,19H2,(H,20,23,24). The van der Waals surface area contributed by atoms with Gasteiger partial charge in [-0.05, 0) is 18.6 Å². The van der Waals surface area contributed by atoms with Crippen LogP contribution in [0.15, 0.2) is 18.2 Å². The number of anilines is 1. The van der Waals surface area contributed by atoms with Crippen molar-refractivity contribution in [2.45, 2.75) is 25.0 Å². The number of carbonyl (C=O) groups excluding carboxylic acids is 4. The number of hydrogen-bond acceptors (Lipinski definition) is 7. The van der Waals surface area contributed by atoms with Gasteiger partial charge in [-0.15, -0.1) is 0 Å². The molecular weight excluding hydrogens is 352 g/mol. The van der Waals surface area contributed by atoms with E-state index < -0.39 is 29.7 Å². The normalized spacial score (nSPS) is 22.8. The first-order chi connectivity index (χ1) is 13.0. The predicted octanol–water partition coefficient (Wildman–Crippen LogP) is -0.748. The summed E-state index contributed by atoms with van der Waals surface area (Å²) < 4.78 is 5.57. The lowest BCUT2D eigenvalue weighted by Gasteiger charge is -2.41. The molecule has 0 aliphatic carbocycles. The average molecular weight is 372 g/mol. The van der Waals surface area contributed by atoms with E-state index in [1.807, 2.05) is 4.90 Å². The summed E-state index contributed by atoms with van der Waals surface area (Å²) in [5, 5.41) is 2.20. The van der Waals surface area contributed by atoms with Crippen molar-refractivity contribution < 1.29 is 23.9 Å². The van der Waals surface area contributed by atoms with Gasteiger partial charge in [0.2, 0.25) is 11.8 Å². The number of piperidine rings is 1. The van der Waals surface area contributed by atoms with E-state index in [1.165, 1.54) is 0 Å². The lowest BCUT2D eigenvalue weighted by Crippen LogP contribution is -2.54. The molecule has 4 amide bonds. The third-order valence-electron chi connectivity index (χ3n) is 5.11. The molecule has 2 saturated heterocycles. The number of nitrogens with one attached hydrogen (secondary N) is 1. The molecule has 1 unspecified atom stereocenters. The Balaban J connectivity index is 1.57. The molecule has 142 valence electrons. The van der Waals surface area contributed by atoms with Gasteiger partial charge in [0.05, 0.1) is 29.5 Å². The maximum atomic E-state index is 13.0. The number of nitrogens with zero attached hydrogens (tertiary/aromatic N) is 2. The molecule has 0 aromatic heterocycles. The first-order valence-corrected chi connectivity index (χ1v) is 8.92. The molecule has 1 aromatic carbocycles. The minimum Gasteiger partial charge on any atom is -0.373 e. The zero-order valence-electron chi connectivity index (χ0n) is 14.6. The highest BCUT2D eigenvalue weighted by molar-refractivity contribution is 6.25. The second-order valence-electron chi connectivity index (χ2n) is 6.83. The van der Waals surface area contributed by atoms with E-state index in [2.05, 4.69) is 5.32 Å². The second-order valence-corrected chi connectivity index (χ2v) is 6.83. The van der Waals surface area contributed by atoms with Gasteiger partial charge in [-0.3, -0.25) is 29.4 Å². The Bertz CT molecular complexity index is 833. The molecule has 4 rings (SSSR count). The van der Waals surface area contributed by atoms with E-state index in [-0.39, 0.29) is 24.5 Å². The van der Waals surface area contributed by atoms with Crippen molar-refractivity contribution in [1.82, 2.24) is 10.2 Å². The number of fused-ring (bicyclic) bond motifs is 1. The summed E-state index contributed by atoms with van der Waals surface area (Å²) in [6.45, 7) is 2.14. The van der Waals surface area contributed by atoms with E-state index in [1.54, 1.807) is 18.2 Å². The molecule has 3 aliphatic rings. The maximum Gasteiger partial charge on any atom is 0.264 e. The van der Waals surface area contributed by atoms with Crippen molar-refractivity contribution >= 4 is 29.3 Å². The lowest BCUT2D eigenvalue weighted by molar-refractivity contribution is -0.136. The molecule has 3 heterocycles. The summed E-state index contributed by atoms with van der Waals surface area (Å²) in [5.74, 6) is -1.99. The molecule has 3 N–H and O–H groups in total. The van der Waals surface area contributed by atoms with Gasteiger partial charge < -0.3 is 15.4 Å². The highest BCUT2D eigenvalue weighted by Gasteiger charge is 2.46. The SMILES string of the molecule is NCCOC1CN(c2cccc3c2C(=O)N(C2CCC(=O)NC2=O)C3=O)C1. The lowest BCUT2D eigenvalue weighted by atomic mass is 10.0. The van der Waals surface area contributed by atoms with E-state index in [4.69, 9.17) is 10.5 Å². The molecule has 9 heteroatoms. The number of nitrogens with two attached hydrogens (primary N) is 1. The molecule has 0 spiro atoms. The predicted molar refractivity (Wildman–Crippen MR) is 94.1 cm³/mol. The van der Waals surface area contributed by atoms with Gasteiger partial charge in [0.15, 0.2) is 0 Å². The Kier molecular flexibility index (Phi) is 4.40. The summed E-state index contributed by atoms with van der Waals surface area (Å²) in [7, 11) is 0. The molecule has 0 bridgehead atoms. The Hall–Kier alpha value is -2.78. The fourth-order valence-electron chi connectivity index (χ4n) is 3.74. The van der Waals surface area contributed by atoms with Gasteiger partial charge in [-0.1, -0.05) is 6.07 Å². The Morgan fingerprint density at radius 2 is 1.93 bits per heavy atom. The van der Waals surface area contributed by atoms with Gasteiger partial charge in [-0.25, -0.2) is 0 Å². The number of amides is 4. The Labute approximate surface area is 155 Å². The van der Waals surface area contributed by atoms with Crippen LogP contribution in [-0.4, -0.2) is 66.9 Å². The van der Waals surface area contributed by atoms with E-state index >= 15 is 0 Å². The van der Waals surface area contributed by atoms with Gasteiger partial charge in [0.25, 0.3) is 11.8 Å². The number of imide groups is 2. The number of rotatable bonds is 5. The second kappa shape index (κ2) is 6.75. The van der Waals surface area contributed by atoms with Crippen LogP contribution in [0.3, 0.4) is 0 Å². The van der Waals surface area contributed by atoms with Crippen LogP contribution in [0.25, 0.3) is 0 Å². The molecule has 0 saturated carbocycles. The van der Waals surface area contributed by atoms with Crippen molar-refractivity contribution in [3.63, 3.8) is 0 Å². The van der Waals surface area contributed by atoms with Gasteiger partial charge in [0.1, 0.15) is 6.04 Å². The highest BCUT2D eigenvalue weighted by Crippen LogP contribution is 2.36. The van der Waals surface area contributed by atoms with Crippen molar-refractivity contribution in [1.29, 1.82) is 0 Å². The molecule has 27 heavy (non-hydrogen) atoms. The van der Waals surface area contributed by atoms with Crippen molar-refractivity contribution in [2.24, 2.45) is 5.73 Å². The largest absolute Gasteiger partial charge is 0.373 e. The zero-order chi connectivity index (χ0) is 19.1. The van der Waals surface area contributed by atoms with Crippen LogP contribution in [0.2, 0.25) is 0 Å². The third kappa shape index (κ3) is 2.88. The summed E-state index contributed by atoms with van der Waals surface area (Å²) >= 11 is 0. The molecule has 1 atom stereocenters. The topological polar surface area (TPSA) is 122 Å². The van der Waals surface area contributed by atoms with Crippen LogP contribution in [0.5, 0.6) is 0 Å². The van der Waals surface area contributed by atoms with Crippen LogP contribution in [-0.2, 0) is 14.3 Å². The van der Waals surface area contributed by atoms with Gasteiger partial charge >= 0.3 is 0 Å². The first-order valence-electron chi connectivity index (χ1n) is 8.92. The number of ether oxygens (including phenoxy) is 1. The van der Waals surface area contributed by atoms with Crippen LogP contribution < -0.4 is 16.0 Å². The number of carbonyl (C=O) groups is 4. The third-order valence-corrected chi connectivity index (χ3v) is 5.11. The Morgan fingerprint density at radius 1 is 1.15 bits per heavy atom. The van der Waals surface area contributed by atoms with Gasteiger partial charge in [-0.2, -0.15) is 0 Å². The summed E-state index contributed by atoms with van der Waals surface area (Å²) in [6.07, 6.45) is 0.288. The monoisotopic (exact) mass is 372 g/mol. The molecule has 1 aromatic rings. The maximum absolute atomic E-state index is 13.0. The fraction of sp³-hybridized carbons (Fsp3) is 0.444.